The highest BCUT2D eigenvalue weighted by Crippen LogP contribution is 2.60. The predicted molar refractivity (Wildman–Crippen MR) is 210 cm³/mol. The van der Waals surface area contributed by atoms with E-state index in [0.29, 0.717) is 18.3 Å². The first-order chi connectivity index (χ1) is 23.9. The van der Waals surface area contributed by atoms with Crippen LogP contribution in [0.2, 0.25) is 0 Å². The van der Waals surface area contributed by atoms with Gasteiger partial charge >= 0.3 is 0 Å². The summed E-state index contributed by atoms with van der Waals surface area (Å²) in [4.78, 5) is 19.8. The molecule has 2 heterocycles. The van der Waals surface area contributed by atoms with Crippen LogP contribution in [-0.4, -0.2) is 23.0 Å². The highest BCUT2D eigenvalue weighted by atomic mass is 32.2. The number of hydrogen-bond acceptors (Lipinski definition) is 3. The Hall–Kier alpha value is -5.17. The lowest BCUT2D eigenvalue weighted by Gasteiger charge is -2.28. The van der Waals surface area contributed by atoms with Crippen molar-refractivity contribution >= 4 is 65.0 Å². The largest absolute Gasteiger partial charge is 0.320 e. The van der Waals surface area contributed by atoms with Crippen molar-refractivity contribution in [3.05, 3.63) is 156 Å². The second-order valence-electron chi connectivity index (χ2n) is 12.6. The molecule has 49 heavy (non-hydrogen) atoms. The van der Waals surface area contributed by atoms with Gasteiger partial charge in [0.1, 0.15) is 6.67 Å². The van der Waals surface area contributed by atoms with Gasteiger partial charge in [0.2, 0.25) is 0 Å². The molecule has 0 atom stereocenters. The fourth-order valence-corrected chi connectivity index (χ4v) is 9.77. The van der Waals surface area contributed by atoms with Crippen molar-refractivity contribution in [1.82, 2.24) is 4.57 Å². The number of benzene rings is 5. The number of amidine groups is 2. The molecule has 4 nitrogen and oxygen atoms in total. The van der Waals surface area contributed by atoms with Crippen LogP contribution in [0.4, 0.5) is 0 Å². The van der Waals surface area contributed by atoms with Crippen molar-refractivity contribution in [2.45, 2.75) is 45.5 Å². The van der Waals surface area contributed by atoms with E-state index in [-0.39, 0.29) is 5.41 Å². The summed E-state index contributed by atoms with van der Waals surface area (Å²) in [5.74, 6) is 1.10. The van der Waals surface area contributed by atoms with Crippen LogP contribution < -0.4 is 0 Å². The molecule has 1 aliphatic carbocycles. The monoisotopic (exact) mass is 670 g/mol. The third-order valence-electron chi connectivity index (χ3n) is 9.46. The van der Waals surface area contributed by atoms with E-state index in [1.54, 1.807) is 0 Å². The maximum atomic E-state index is 5.21. The van der Waals surface area contributed by atoms with Crippen molar-refractivity contribution in [3.8, 4) is 11.1 Å². The lowest BCUT2D eigenvalue weighted by Crippen LogP contribution is -2.17. The van der Waals surface area contributed by atoms with Gasteiger partial charge in [0.15, 0.2) is 11.7 Å². The maximum Gasteiger partial charge on any atom is 0.161 e. The second kappa shape index (κ2) is 12.4. The lowest BCUT2D eigenvalue weighted by atomic mass is 9.82. The number of aliphatic imine (C=N–C) groups is 3. The first kappa shape index (κ1) is 31.1. The van der Waals surface area contributed by atoms with Gasteiger partial charge in [-0.2, -0.15) is 0 Å². The standard InChI is InChI=1S/C43H34N4S2/c1-6-29-30-22-24-32-37(31-23-25-36-40(38(31)43(32,3)4)49-35-21-15-14-20-34(35)48-36)39(30)47(33(29)7-2)26-45-42(28-18-12-9-13-19-28)46-41(44-5)27-16-10-8-11-17-27/h6-25H,1-2,5,26H2,3-4H3/b45-42-,46-41?. The predicted octanol–water partition coefficient (Wildman–Crippen LogP) is 11.4. The SMILES string of the molecule is C=Cc1c(C=C)n(C/N=C(\N=C(N=C)c2ccccc2)c2ccccc2)c2c3c(ccc12)C(C)(C)c1c-3ccc2c1Sc1ccccc1S2. The van der Waals surface area contributed by atoms with Crippen molar-refractivity contribution in [1.29, 1.82) is 0 Å². The molecule has 2 aliphatic rings. The molecule has 8 rings (SSSR count). The number of rotatable bonds is 6. The van der Waals surface area contributed by atoms with Crippen LogP contribution in [-0.2, 0) is 12.1 Å². The van der Waals surface area contributed by atoms with Gasteiger partial charge in [-0.25, -0.2) is 15.0 Å². The Morgan fingerprint density at radius 3 is 2.04 bits per heavy atom. The van der Waals surface area contributed by atoms with E-state index < -0.39 is 0 Å². The molecule has 5 aromatic carbocycles. The fraction of sp³-hybridized carbons (Fsp3) is 0.0930. The Kier molecular flexibility index (Phi) is 7.86. The minimum atomic E-state index is -0.204. The topological polar surface area (TPSA) is 42.0 Å². The fourth-order valence-electron chi connectivity index (χ4n) is 7.22. The molecule has 0 radical (unpaired) electrons. The van der Waals surface area contributed by atoms with Crippen LogP contribution in [0.3, 0.4) is 0 Å². The van der Waals surface area contributed by atoms with Crippen LogP contribution >= 0.6 is 23.5 Å². The van der Waals surface area contributed by atoms with Gasteiger partial charge in [-0.1, -0.05) is 148 Å². The van der Waals surface area contributed by atoms with E-state index >= 15 is 0 Å². The number of fused-ring (bicyclic) bond motifs is 8. The van der Waals surface area contributed by atoms with Gasteiger partial charge < -0.3 is 4.57 Å². The van der Waals surface area contributed by atoms with Crippen LogP contribution in [0, 0.1) is 0 Å². The average molecular weight is 671 g/mol. The Morgan fingerprint density at radius 1 is 0.735 bits per heavy atom. The van der Waals surface area contributed by atoms with E-state index in [2.05, 4.69) is 91.8 Å². The molecule has 6 aromatic rings. The highest BCUT2D eigenvalue weighted by molar-refractivity contribution is 8.05. The minimum Gasteiger partial charge on any atom is -0.320 e. The van der Waals surface area contributed by atoms with Crippen LogP contribution in [0.25, 0.3) is 34.2 Å². The summed E-state index contributed by atoms with van der Waals surface area (Å²) in [6, 6.07) is 37.8. The molecule has 0 spiro atoms. The number of aromatic nitrogens is 1. The third-order valence-corrected chi connectivity index (χ3v) is 12.1. The molecule has 0 unspecified atom stereocenters. The zero-order valence-electron chi connectivity index (χ0n) is 27.5. The molecule has 1 aliphatic heterocycles. The quantitative estimate of drug-likeness (QED) is 0.131. The first-order valence-corrected chi connectivity index (χ1v) is 17.9. The van der Waals surface area contributed by atoms with E-state index in [1.165, 1.54) is 41.8 Å². The van der Waals surface area contributed by atoms with Crippen LogP contribution in [0.15, 0.2) is 157 Å². The minimum absolute atomic E-state index is 0.204. The van der Waals surface area contributed by atoms with E-state index in [9.17, 15) is 0 Å². The molecule has 0 saturated heterocycles. The summed E-state index contributed by atoms with van der Waals surface area (Å²) in [6.07, 6.45) is 3.86. The summed E-state index contributed by atoms with van der Waals surface area (Å²) in [6.45, 7) is 17.4. The van der Waals surface area contributed by atoms with Gasteiger partial charge in [-0.15, -0.1) is 0 Å². The summed E-state index contributed by atoms with van der Waals surface area (Å²) in [7, 11) is 0. The molecule has 1 aromatic heterocycles. The van der Waals surface area contributed by atoms with E-state index in [1.807, 2.05) is 96.3 Å². The van der Waals surface area contributed by atoms with E-state index in [4.69, 9.17) is 9.98 Å². The van der Waals surface area contributed by atoms with Crippen LogP contribution in [0.5, 0.6) is 0 Å². The van der Waals surface area contributed by atoms with Crippen molar-refractivity contribution in [3.63, 3.8) is 0 Å². The number of nitrogens with zero attached hydrogens (tertiary/aromatic N) is 4. The summed E-state index contributed by atoms with van der Waals surface area (Å²) >= 11 is 3.76. The third kappa shape index (κ3) is 5.06. The molecule has 6 heteroatoms. The summed E-state index contributed by atoms with van der Waals surface area (Å²) < 4.78 is 2.28. The Labute approximate surface area is 295 Å². The first-order valence-electron chi connectivity index (χ1n) is 16.2. The zero-order chi connectivity index (χ0) is 33.7. The lowest BCUT2D eigenvalue weighted by molar-refractivity contribution is 0.642. The Morgan fingerprint density at radius 2 is 1.39 bits per heavy atom. The van der Waals surface area contributed by atoms with Crippen molar-refractivity contribution < 1.29 is 0 Å². The molecule has 0 fully saturated rings. The van der Waals surface area contributed by atoms with Gasteiger partial charge in [0.25, 0.3) is 0 Å². The molecular formula is C43H34N4S2. The van der Waals surface area contributed by atoms with Gasteiger partial charge in [0, 0.05) is 52.6 Å². The molecule has 0 amide bonds. The smallest absolute Gasteiger partial charge is 0.161 e. The van der Waals surface area contributed by atoms with Gasteiger partial charge in [-0.3, -0.25) is 0 Å². The normalized spacial score (nSPS) is 14.5. The second-order valence-corrected chi connectivity index (χ2v) is 14.7. The molecule has 238 valence electrons. The van der Waals surface area contributed by atoms with E-state index in [0.717, 1.165) is 33.3 Å². The number of hydrogen-bond donors (Lipinski definition) is 0. The molecule has 0 N–H and O–H groups in total. The Bertz CT molecular complexity index is 2380. The highest BCUT2D eigenvalue weighted by Gasteiger charge is 2.41. The summed E-state index contributed by atoms with van der Waals surface area (Å²) in [5.41, 5.74) is 9.96. The van der Waals surface area contributed by atoms with Crippen LogP contribution in [0.1, 0.15) is 47.4 Å². The van der Waals surface area contributed by atoms with Gasteiger partial charge in [0.05, 0.1) is 11.2 Å². The van der Waals surface area contributed by atoms with Crippen molar-refractivity contribution in [2.75, 3.05) is 0 Å². The molecule has 0 saturated carbocycles. The van der Waals surface area contributed by atoms with Crippen molar-refractivity contribution in [2.24, 2.45) is 15.0 Å². The van der Waals surface area contributed by atoms with Gasteiger partial charge in [-0.05, 0) is 47.7 Å². The average Bonchev–Trinajstić information content (AvgIpc) is 3.58. The maximum absolute atomic E-state index is 5.21. The molecule has 0 bridgehead atoms. The summed E-state index contributed by atoms with van der Waals surface area (Å²) in [5, 5.41) is 1.13. The molecular weight excluding hydrogens is 637 g/mol. The zero-order valence-corrected chi connectivity index (χ0v) is 29.1. The Balaban J connectivity index is 1.34.